The van der Waals surface area contributed by atoms with E-state index in [0.29, 0.717) is 51.5 Å². The first-order chi connectivity index (χ1) is 14.3. The van der Waals surface area contributed by atoms with Crippen LogP contribution in [0.3, 0.4) is 0 Å². The molecule has 158 valence electrons. The van der Waals surface area contributed by atoms with Gasteiger partial charge in [0, 0.05) is 38.6 Å². The fraction of sp³-hybridized carbons (Fsp3) is 0.250. The van der Waals surface area contributed by atoms with Gasteiger partial charge in [-0.2, -0.15) is 0 Å². The van der Waals surface area contributed by atoms with Crippen molar-refractivity contribution in [1.82, 2.24) is 9.97 Å². The van der Waals surface area contributed by atoms with Crippen LogP contribution in [0.15, 0.2) is 41.1 Å². The molecule has 0 bridgehead atoms. The van der Waals surface area contributed by atoms with Gasteiger partial charge in [-0.15, -0.1) is 0 Å². The molecule has 0 radical (unpaired) electrons. The van der Waals surface area contributed by atoms with Crippen molar-refractivity contribution in [3.63, 3.8) is 0 Å². The minimum Gasteiger partial charge on any atom is -0.486 e. The van der Waals surface area contributed by atoms with E-state index in [-0.39, 0.29) is 6.10 Å². The first-order valence-electron chi connectivity index (χ1n) is 9.14. The summed E-state index contributed by atoms with van der Waals surface area (Å²) in [5, 5.41) is 3.94. The number of halogens is 2. The van der Waals surface area contributed by atoms with Crippen LogP contribution in [0.25, 0.3) is 10.9 Å². The summed E-state index contributed by atoms with van der Waals surface area (Å²) in [5.41, 5.74) is 1.82. The molecule has 1 aliphatic heterocycles. The minimum atomic E-state index is -2.43. The van der Waals surface area contributed by atoms with E-state index in [1.165, 1.54) is 24.7 Å². The van der Waals surface area contributed by atoms with Crippen LogP contribution in [-0.4, -0.2) is 45.6 Å². The summed E-state index contributed by atoms with van der Waals surface area (Å²) in [5.74, 6) is 4.12. The summed E-state index contributed by atoms with van der Waals surface area (Å²) >= 11 is 3.54. The smallest absolute Gasteiger partial charge is 0.146 e. The molecule has 2 N–H and O–H groups in total. The lowest BCUT2D eigenvalue weighted by atomic mass is 10.2. The second-order valence-electron chi connectivity index (χ2n) is 7.05. The zero-order valence-electron chi connectivity index (χ0n) is 16.2. The average molecular weight is 495 g/mol. The Balaban J connectivity index is 1.70. The van der Waals surface area contributed by atoms with Crippen molar-refractivity contribution in [3.8, 4) is 5.75 Å². The van der Waals surface area contributed by atoms with Crippen LogP contribution in [0.2, 0.25) is 0 Å². The van der Waals surface area contributed by atoms with Crippen LogP contribution >= 0.6 is 15.9 Å². The lowest BCUT2D eigenvalue weighted by Crippen LogP contribution is -2.16. The molecule has 0 saturated carbocycles. The first-order valence-corrected chi connectivity index (χ1v) is 12.1. The van der Waals surface area contributed by atoms with Crippen molar-refractivity contribution in [3.05, 3.63) is 46.9 Å². The van der Waals surface area contributed by atoms with Crippen molar-refractivity contribution in [2.24, 2.45) is 0 Å². The largest absolute Gasteiger partial charge is 0.486 e. The molecule has 10 heteroatoms. The number of nitrogens with zero attached hydrogens (tertiary/aromatic N) is 2. The molecule has 4 rings (SSSR count). The molecular weight excluding hydrogens is 475 g/mol. The number of benzene rings is 2. The molecule has 2 heterocycles. The molecule has 2 unspecified atom stereocenters. The SMILES string of the molecule is C=S(C)(=O)Nc1cc(Br)c2c(Nc3ccc(F)cc3OC3CCOC3)ncnc2c1. The number of rotatable bonds is 6. The van der Waals surface area contributed by atoms with Crippen molar-refractivity contribution in [2.75, 3.05) is 29.5 Å². The number of nitrogens with one attached hydrogen (secondary N) is 2. The fourth-order valence-corrected chi connectivity index (χ4v) is 4.41. The molecule has 30 heavy (non-hydrogen) atoms. The second kappa shape index (κ2) is 8.37. The number of hydrogen-bond donors (Lipinski definition) is 2. The summed E-state index contributed by atoms with van der Waals surface area (Å²) in [6, 6.07) is 7.84. The number of hydrogen-bond acceptors (Lipinski definition) is 6. The molecule has 1 saturated heterocycles. The van der Waals surface area contributed by atoms with E-state index in [4.69, 9.17) is 9.47 Å². The van der Waals surface area contributed by atoms with Gasteiger partial charge in [-0.25, -0.2) is 18.6 Å². The number of fused-ring (bicyclic) bond motifs is 1. The highest BCUT2D eigenvalue weighted by Gasteiger charge is 2.20. The Morgan fingerprint density at radius 1 is 1.33 bits per heavy atom. The Kier molecular flexibility index (Phi) is 5.81. The third kappa shape index (κ3) is 4.82. The second-order valence-corrected chi connectivity index (χ2v) is 10.1. The van der Waals surface area contributed by atoms with Crippen LogP contribution in [0.1, 0.15) is 6.42 Å². The zero-order chi connectivity index (χ0) is 21.3. The monoisotopic (exact) mass is 494 g/mol. The summed E-state index contributed by atoms with van der Waals surface area (Å²) in [6.07, 6.45) is 3.56. The van der Waals surface area contributed by atoms with Gasteiger partial charge in [0.15, 0.2) is 0 Å². The van der Waals surface area contributed by atoms with E-state index in [1.807, 2.05) is 0 Å². The van der Waals surface area contributed by atoms with Gasteiger partial charge in [0.1, 0.15) is 29.8 Å². The van der Waals surface area contributed by atoms with Crippen LogP contribution < -0.4 is 14.8 Å². The molecule has 0 spiro atoms. The molecule has 2 aromatic carbocycles. The van der Waals surface area contributed by atoms with Gasteiger partial charge < -0.3 is 19.5 Å². The highest BCUT2D eigenvalue weighted by molar-refractivity contribution is 9.10. The number of aromatic nitrogens is 2. The van der Waals surface area contributed by atoms with Crippen LogP contribution in [0.4, 0.5) is 21.6 Å². The fourth-order valence-electron chi connectivity index (χ4n) is 3.15. The summed E-state index contributed by atoms with van der Waals surface area (Å²) in [4.78, 5) is 8.66. The van der Waals surface area contributed by atoms with Crippen LogP contribution in [0, 0.1) is 5.82 Å². The highest BCUT2D eigenvalue weighted by Crippen LogP contribution is 2.36. The minimum absolute atomic E-state index is 0.124. The Hall–Kier alpha value is -2.43. The van der Waals surface area contributed by atoms with E-state index in [1.54, 1.807) is 18.2 Å². The van der Waals surface area contributed by atoms with Crippen molar-refractivity contribution < 1.29 is 18.1 Å². The summed E-state index contributed by atoms with van der Waals surface area (Å²) in [7, 11) is -2.43. The van der Waals surface area contributed by atoms with Crippen LogP contribution in [-0.2, 0) is 14.4 Å². The maximum absolute atomic E-state index is 13.8. The van der Waals surface area contributed by atoms with E-state index in [2.05, 4.69) is 41.8 Å². The van der Waals surface area contributed by atoms with Gasteiger partial charge in [-0.1, -0.05) is 0 Å². The Bertz CT molecular complexity index is 1200. The van der Waals surface area contributed by atoms with Crippen LogP contribution in [0.5, 0.6) is 5.75 Å². The molecule has 3 aromatic rings. The van der Waals surface area contributed by atoms with E-state index >= 15 is 0 Å². The maximum Gasteiger partial charge on any atom is 0.146 e. The van der Waals surface area contributed by atoms with Crippen molar-refractivity contribution in [2.45, 2.75) is 12.5 Å². The average Bonchev–Trinajstić information content (AvgIpc) is 3.15. The zero-order valence-corrected chi connectivity index (χ0v) is 18.6. The molecule has 0 aliphatic carbocycles. The molecule has 1 aromatic heterocycles. The lowest BCUT2D eigenvalue weighted by molar-refractivity contribution is 0.141. The predicted octanol–water partition coefficient (Wildman–Crippen LogP) is 4.12. The van der Waals surface area contributed by atoms with Gasteiger partial charge >= 0.3 is 0 Å². The molecule has 2 atom stereocenters. The van der Waals surface area contributed by atoms with E-state index in [0.717, 1.165) is 6.42 Å². The standard InChI is InChI=1S/C20H20BrFN4O3S/c1-30(2,27)26-13-8-15(21)19-17(9-13)23-11-24-20(19)25-16-4-3-12(22)7-18(16)29-14-5-6-28-10-14/h3-4,7-9,11,14H,1,5-6,10H2,2H3,(H,26,27)(H,23,24,25). The number of anilines is 3. The summed E-state index contributed by atoms with van der Waals surface area (Å²) in [6.45, 7) is 1.10. The molecule has 7 nitrogen and oxygen atoms in total. The third-order valence-electron chi connectivity index (χ3n) is 4.40. The molecule has 1 aliphatic rings. The quantitative estimate of drug-likeness (QED) is 0.501. The highest BCUT2D eigenvalue weighted by atomic mass is 79.9. The normalized spacial score (nSPS) is 18.2. The third-order valence-corrected chi connectivity index (χ3v) is 5.69. The van der Waals surface area contributed by atoms with Crippen molar-refractivity contribution >= 4 is 59.6 Å². The van der Waals surface area contributed by atoms with Gasteiger partial charge in [0.05, 0.1) is 29.8 Å². The Morgan fingerprint density at radius 2 is 2.17 bits per heavy atom. The predicted molar refractivity (Wildman–Crippen MR) is 122 cm³/mol. The lowest BCUT2D eigenvalue weighted by Gasteiger charge is -2.17. The van der Waals surface area contributed by atoms with Crippen molar-refractivity contribution in [1.29, 1.82) is 0 Å². The van der Waals surface area contributed by atoms with Gasteiger partial charge in [0.2, 0.25) is 0 Å². The Morgan fingerprint density at radius 3 is 2.90 bits per heavy atom. The van der Waals surface area contributed by atoms with E-state index < -0.39 is 15.5 Å². The number of ether oxygens (including phenoxy) is 2. The molecule has 1 fully saturated rings. The van der Waals surface area contributed by atoms with E-state index in [9.17, 15) is 8.60 Å². The molecular formula is C20H20BrFN4O3S. The first kappa shape index (κ1) is 20.8. The van der Waals surface area contributed by atoms with Gasteiger partial charge in [-0.3, -0.25) is 0 Å². The van der Waals surface area contributed by atoms with Gasteiger partial charge in [-0.05, 0) is 46.1 Å². The summed E-state index contributed by atoms with van der Waals surface area (Å²) < 4.78 is 40.7. The molecule has 0 amide bonds. The Labute approximate surface area is 182 Å². The topological polar surface area (TPSA) is 85.4 Å². The van der Waals surface area contributed by atoms with Gasteiger partial charge in [0.25, 0.3) is 0 Å². The maximum atomic E-state index is 13.8.